The molecule has 1 spiro atoms. The third kappa shape index (κ3) is 5.08. The van der Waals surface area contributed by atoms with Gasteiger partial charge in [0.05, 0.1) is 11.2 Å². The maximum atomic E-state index is 13.5. The molecule has 0 bridgehead atoms. The second-order valence-electron chi connectivity index (χ2n) is 9.32. The molecule has 2 aromatic heterocycles. The van der Waals surface area contributed by atoms with Gasteiger partial charge >= 0.3 is 6.18 Å². The van der Waals surface area contributed by atoms with E-state index >= 15 is 0 Å². The molecular weight excluding hydrogens is 527 g/mol. The summed E-state index contributed by atoms with van der Waals surface area (Å²) in [5.74, 6) is -1.78. The van der Waals surface area contributed by atoms with Crippen LogP contribution in [0, 0.1) is 0 Å². The molecular formula is C24H22F3N5O5S. The number of ether oxygens (including phenoxy) is 1. The first-order chi connectivity index (χ1) is 17.8. The van der Waals surface area contributed by atoms with Crippen molar-refractivity contribution < 1.29 is 35.9 Å². The molecule has 10 nitrogen and oxygen atoms in total. The highest BCUT2D eigenvalue weighted by atomic mass is 32.2. The average Bonchev–Trinajstić information content (AvgIpc) is 3.35. The maximum absolute atomic E-state index is 13.5. The fraction of sp³-hybridized carbons (Fsp3) is 0.333. The lowest BCUT2D eigenvalue weighted by Crippen LogP contribution is -2.49. The second kappa shape index (κ2) is 9.11. The first-order valence-electron chi connectivity index (χ1n) is 11.5. The Kier molecular flexibility index (Phi) is 6.16. The Morgan fingerprint density at radius 2 is 2.05 bits per heavy atom. The molecule has 2 N–H and O–H groups in total. The standard InChI is InChI=1S/C24H22F3N5O5S/c1-38(35,36)12-19(33)29-21-20-17(31-32(21)18-4-2-3-9-28-18)11-23(30-22(20)34)8-7-14-10-15(5-6-16(14)23)37-13-24(25,26)27/h2-6,9-10H,7-8,11-13H2,1H3,(H,29,33)(H,30,34)/t23-/m1/s1. The van der Waals surface area contributed by atoms with Gasteiger partial charge in [-0.2, -0.15) is 23.0 Å². The van der Waals surface area contributed by atoms with Crippen LogP contribution in [0.15, 0.2) is 42.6 Å². The van der Waals surface area contributed by atoms with Crippen LogP contribution in [0.25, 0.3) is 5.82 Å². The molecule has 1 aliphatic heterocycles. The Balaban J connectivity index is 1.51. The van der Waals surface area contributed by atoms with Crippen molar-refractivity contribution in [3.05, 3.63) is 65.0 Å². The van der Waals surface area contributed by atoms with Gasteiger partial charge in [-0.1, -0.05) is 12.1 Å². The summed E-state index contributed by atoms with van der Waals surface area (Å²) in [5, 5.41) is 10.1. The number of hydrogen-bond donors (Lipinski definition) is 2. The predicted octanol–water partition coefficient (Wildman–Crippen LogP) is 2.32. The van der Waals surface area contributed by atoms with Gasteiger partial charge in [0.2, 0.25) is 5.91 Å². The molecule has 0 saturated carbocycles. The Labute approximate surface area is 215 Å². The van der Waals surface area contributed by atoms with E-state index < -0.39 is 45.7 Å². The Morgan fingerprint density at radius 1 is 1.26 bits per heavy atom. The van der Waals surface area contributed by atoms with Crippen LogP contribution in [0.2, 0.25) is 0 Å². The summed E-state index contributed by atoms with van der Waals surface area (Å²) >= 11 is 0. The first-order valence-corrected chi connectivity index (χ1v) is 13.6. The quantitative estimate of drug-likeness (QED) is 0.482. The zero-order valence-electron chi connectivity index (χ0n) is 20.0. The Hall–Kier alpha value is -3.94. The number of aryl methyl sites for hydroxylation is 1. The zero-order valence-corrected chi connectivity index (χ0v) is 20.8. The smallest absolute Gasteiger partial charge is 0.422 e. The summed E-state index contributed by atoms with van der Waals surface area (Å²) in [6.45, 7) is -1.41. The Morgan fingerprint density at radius 3 is 2.74 bits per heavy atom. The highest BCUT2D eigenvalue weighted by molar-refractivity contribution is 7.91. The minimum Gasteiger partial charge on any atom is -0.484 e. The summed E-state index contributed by atoms with van der Waals surface area (Å²) in [6, 6.07) is 9.61. The molecule has 0 radical (unpaired) electrons. The van der Waals surface area contributed by atoms with Crippen molar-refractivity contribution >= 4 is 27.5 Å². The number of carbonyl (C=O) groups excluding carboxylic acids is 2. The molecule has 1 aromatic carbocycles. The van der Waals surface area contributed by atoms with Crippen LogP contribution in [0.5, 0.6) is 5.75 Å². The van der Waals surface area contributed by atoms with E-state index in [1.807, 2.05) is 0 Å². The lowest BCUT2D eigenvalue weighted by Gasteiger charge is -2.35. The molecule has 2 amide bonds. The largest absolute Gasteiger partial charge is 0.484 e. The van der Waals surface area contributed by atoms with Crippen molar-refractivity contribution in [2.75, 3.05) is 23.9 Å². The monoisotopic (exact) mass is 549 g/mol. The average molecular weight is 550 g/mol. The number of halogens is 3. The van der Waals surface area contributed by atoms with Crippen LogP contribution in [0.1, 0.15) is 33.6 Å². The van der Waals surface area contributed by atoms with Crippen molar-refractivity contribution in [2.45, 2.75) is 31.0 Å². The van der Waals surface area contributed by atoms with E-state index in [2.05, 4.69) is 20.7 Å². The fourth-order valence-corrected chi connectivity index (χ4v) is 5.45. The summed E-state index contributed by atoms with van der Waals surface area (Å²) in [6.07, 6.45) is -0.833. The third-order valence-corrected chi connectivity index (χ3v) is 7.13. The summed E-state index contributed by atoms with van der Waals surface area (Å²) in [4.78, 5) is 30.2. The lowest BCUT2D eigenvalue weighted by molar-refractivity contribution is -0.153. The molecule has 1 aliphatic carbocycles. The number of amides is 2. The highest BCUT2D eigenvalue weighted by Gasteiger charge is 2.47. The molecule has 3 aromatic rings. The molecule has 1 atom stereocenters. The van der Waals surface area contributed by atoms with Gasteiger partial charge in [0.25, 0.3) is 5.91 Å². The van der Waals surface area contributed by atoms with E-state index in [-0.39, 0.29) is 23.6 Å². The minimum atomic E-state index is -4.46. The zero-order chi connectivity index (χ0) is 27.3. The molecule has 3 heterocycles. The summed E-state index contributed by atoms with van der Waals surface area (Å²) in [5.41, 5.74) is 1.07. The molecule has 5 rings (SSSR count). The number of rotatable bonds is 6. The number of benzene rings is 1. The SMILES string of the molecule is CS(=O)(=O)CC(=O)Nc1c2c(nn1-c1ccccn1)C[C@@]1(CCc3cc(OCC(F)(F)F)ccc31)NC2=O. The van der Waals surface area contributed by atoms with Gasteiger partial charge in [-0.15, -0.1) is 0 Å². The molecule has 0 unspecified atom stereocenters. The van der Waals surface area contributed by atoms with Crippen molar-refractivity contribution in [1.82, 2.24) is 20.1 Å². The lowest BCUT2D eigenvalue weighted by atomic mass is 9.82. The van der Waals surface area contributed by atoms with Gasteiger partial charge in [0.15, 0.2) is 28.1 Å². The minimum absolute atomic E-state index is 0.00572. The molecule has 2 aliphatic rings. The maximum Gasteiger partial charge on any atom is 0.422 e. The normalized spacial score (nSPS) is 18.6. The fourth-order valence-electron chi connectivity index (χ4n) is 4.90. The van der Waals surface area contributed by atoms with Gasteiger partial charge in [-0.3, -0.25) is 9.59 Å². The molecule has 0 fully saturated rings. The van der Waals surface area contributed by atoms with Gasteiger partial charge < -0.3 is 15.4 Å². The summed E-state index contributed by atoms with van der Waals surface area (Å²) < 4.78 is 67.1. The third-order valence-electron chi connectivity index (χ3n) is 6.34. The van der Waals surface area contributed by atoms with Crippen molar-refractivity contribution in [3.63, 3.8) is 0 Å². The number of carbonyl (C=O) groups is 2. The van der Waals surface area contributed by atoms with Crippen LogP contribution in [0.4, 0.5) is 19.0 Å². The van der Waals surface area contributed by atoms with E-state index in [0.29, 0.717) is 24.4 Å². The number of nitrogens with one attached hydrogen (secondary N) is 2. The van der Waals surface area contributed by atoms with Gasteiger partial charge in [-0.05, 0) is 48.2 Å². The number of pyridine rings is 1. The second-order valence-corrected chi connectivity index (χ2v) is 11.5. The van der Waals surface area contributed by atoms with Crippen molar-refractivity contribution in [1.29, 1.82) is 0 Å². The van der Waals surface area contributed by atoms with Crippen LogP contribution < -0.4 is 15.4 Å². The van der Waals surface area contributed by atoms with E-state index in [0.717, 1.165) is 17.4 Å². The predicted molar refractivity (Wildman–Crippen MR) is 129 cm³/mol. The Bertz CT molecular complexity index is 1540. The van der Waals surface area contributed by atoms with Crippen molar-refractivity contribution in [2.24, 2.45) is 0 Å². The number of aromatic nitrogens is 3. The van der Waals surface area contributed by atoms with Gasteiger partial charge in [0, 0.05) is 18.9 Å². The van der Waals surface area contributed by atoms with E-state index in [4.69, 9.17) is 4.74 Å². The summed E-state index contributed by atoms with van der Waals surface area (Å²) in [7, 11) is -3.64. The van der Waals surface area contributed by atoms with E-state index in [1.165, 1.54) is 16.9 Å². The van der Waals surface area contributed by atoms with Crippen molar-refractivity contribution in [3.8, 4) is 11.6 Å². The van der Waals surface area contributed by atoms with Gasteiger partial charge in [0.1, 0.15) is 17.1 Å². The number of nitrogens with zero attached hydrogens (tertiary/aromatic N) is 3. The number of anilines is 1. The molecule has 38 heavy (non-hydrogen) atoms. The topological polar surface area (TPSA) is 132 Å². The highest BCUT2D eigenvalue weighted by Crippen LogP contribution is 2.44. The molecule has 200 valence electrons. The number of alkyl halides is 3. The van der Waals surface area contributed by atoms with E-state index in [9.17, 15) is 31.2 Å². The first kappa shape index (κ1) is 25.7. The number of sulfone groups is 1. The molecule has 14 heteroatoms. The van der Waals surface area contributed by atoms with E-state index in [1.54, 1.807) is 30.3 Å². The number of fused-ring (bicyclic) bond motifs is 3. The van der Waals surface area contributed by atoms with Crippen LogP contribution in [-0.4, -0.2) is 59.8 Å². The van der Waals surface area contributed by atoms with Crippen LogP contribution >= 0.6 is 0 Å². The van der Waals surface area contributed by atoms with Crippen LogP contribution in [0.3, 0.4) is 0 Å². The molecule has 0 saturated heterocycles. The van der Waals surface area contributed by atoms with Gasteiger partial charge in [-0.25, -0.2) is 13.4 Å². The number of hydrogen-bond acceptors (Lipinski definition) is 7. The van der Waals surface area contributed by atoms with Crippen LogP contribution in [-0.2, 0) is 33.0 Å².